The highest BCUT2D eigenvalue weighted by molar-refractivity contribution is 6.32. The van der Waals surface area contributed by atoms with Gasteiger partial charge in [-0.2, -0.15) is 5.10 Å². The molecule has 3 heterocycles. The fraction of sp³-hybridized carbons (Fsp3) is 0.417. The molecule has 0 saturated heterocycles. The fourth-order valence-electron chi connectivity index (χ4n) is 2.01. The Balaban J connectivity index is 1.82. The molecule has 2 aromatic rings. The number of nitrogens with zero attached hydrogens (tertiary/aromatic N) is 5. The van der Waals surface area contributed by atoms with Gasteiger partial charge in [-0.15, -0.1) is 0 Å². The summed E-state index contributed by atoms with van der Waals surface area (Å²) in [5.41, 5.74) is 1.68. The second-order valence-electron chi connectivity index (χ2n) is 4.57. The van der Waals surface area contributed by atoms with Crippen molar-refractivity contribution in [2.75, 3.05) is 18.4 Å². The number of nitrogens with one attached hydrogen (secondary N) is 2. The van der Waals surface area contributed by atoms with E-state index >= 15 is 0 Å². The minimum atomic E-state index is 0.253. The first-order chi connectivity index (χ1) is 9.22. The summed E-state index contributed by atoms with van der Waals surface area (Å²) in [7, 11) is 0. The molecule has 19 heavy (non-hydrogen) atoms. The Morgan fingerprint density at radius 1 is 1.42 bits per heavy atom. The lowest BCUT2D eigenvalue weighted by Gasteiger charge is -2.12. The summed E-state index contributed by atoms with van der Waals surface area (Å²) >= 11 is 0. The summed E-state index contributed by atoms with van der Waals surface area (Å²) in [5, 5.41) is 11.0. The van der Waals surface area contributed by atoms with Crippen LogP contribution in [-0.2, 0) is 0 Å². The van der Waals surface area contributed by atoms with Crippen LogP contribution in [0.2, 0.25) is 0 Å². The summed E-state index contributed by atoms with van der Waals surface area (Å²) in [6, 6.07) is 0.253. The number of aromatic amines is 1. The second kappa shape index (κ2) is 4.75. The molecule has 1 aliphatic heterocycles. The van der Waals surface area contributed by atoms with Crippen LogP contribution in [-0.4, -0.2) is 51.2 Å². The van der Waals surface area contributed by atoms with Crippen LogP contribution in [0, 0.1) is 6.92 Å². The van der Waals surface area contributed by atoms with E-state index in [2.05, 4.69) is 42.4 Å². The van der Waals surface area contributed by atoms with Gasteiger partial charge in [-0.25, -0.2) is 9.97 Å². The Hall–Kier alpha value is -2.31. The summed E-state index contributed by atoms with van der Waals surface area (Å²) in [4.78, 5) is 17.5. The first kappa shape index (κ1) is 11.8. The minimum absolute atomic E-state index is 0.253. The molecule has 2 N–H and O–H groups in total. The first-order valence-corrected chi connectivity index (χ1v) is 6.20. The predicted octanol–water partition coefficient (Wildman–Crippen LogP) is 0.987. The van der Waals surface area contributed by atoms with Gasteiger partial charge in [-0.1, -0.05) is 0 Å². The van der Waals surface area contributed by atoms with Crippen molar-refractivity contribution < 1.29 is 0 Å². The molecule has 2 aromatic heterocycles. The maximum Gasteiger partial charge on any atom is 0.161 e. The van der Waals surface area contributed by atoms with Gasteiger partial charge >= 0.3 is 0 Å². The first-order valence-electron chi connectivity index (χ1n) is 6.20. The van der Waals surface area contributed by atoms with E-state index in [1.807, 2.05) is 13.1 Å². The number of hydrogen-bond donors (Lipinski definition) is 2. The molecule has 7 nitrogen and oxygen atoms in total. The monoisotopic (exact) mass is 257 g/mol. The van der Waals surface area contributed by atoms with E-state index in [1.54, 1.807) is 6.20 Å². The highest BCUT2D eigenvalue weighted by Crippen LogP contribution is 2.17. The summed E-state index contributed by atoms with van der Waals surface area (Å²) in [6.07, 6.45) is 3.53. The molecule has 1 aliphatic rings. The van der Waals surface area contributed by atoms with Crippen LogP contribution in [0.1, 0.15) is 12.7 Å². The van der Waals surface area contributed by atoms with Crippen molar-refractivity contribution in [1.82, 2.24) is 20.2 Å². The zero-order chi connectivity index (χ0) is 13.2. The molecule has 0 bridgehead atoms. The van der Waals surface area contributed by atoms with E-state index in [9.17, 15) is 0 Å². The molecular weight excluding hydrogens is 242 g/mol. The Morgan fingerprint density at radius 3 is 3.16 bits per heavy atom. The Labute approximate surface area is 110 Å². The quantitative estimate of drug-likeness (QED) is 0.857. The van der Waals surface area contributed by atoms with E-state index in [0.717, 1.165) is 29.1 Å². The lowest BCUT2D eigenvalue weighted by atomic mass is 10.2. The van der Waals surface area contributed by atoms with Crippen LogP contribution in [0.15, 0.2) is 16.2 Å². The molecule has 0 spiro atoms. The number of anilines is 1. The number of aliphatic imine (C=N–C) groups is 2. The molecule has 0 amide bonds. The van der Waals surface area contributed by atoms with Gasteiger partial charge in [0.05, 0.1) is 36.4 Å². The molecule has 3 rings (SSSR count). The van der Waals surface area contributed by atoms with E-state index in [1.165, 1.54) is 0 Å². The van der Waals surface area contributed by atoms with Gasteiger partial charge in [-0.05, 0) is 13.8 Å². The molecule has 98 valence electrons. The third kappa shape index (κ3) is 2.44. The number of aromatic nitrogens is 4. The van der Waals surface area contributed by atoms with Crippen LogP contribution in [0.5, 0.6) is 0 Å². The zero-order valence-electron chi connectivity index (χ0n) is 10.9. The van der Waals surface area contributed by atoms with Gasteiger partial charge in [0.25, 0.3) is 0 Å². The van der Waals surface area contributed by atoms with Crippen molar-refractivity contribution in [3.05, 3.63) is 12.0 Å². The van der Waals surface area contributed by atoms with Crippen molar-refractivity contribution in [3.63, 3.8) is 0 Å². The van der Waals surface area contributed by atoms with Gasteiger partial charge in [0.15, 0.2) is 5.65 Å². The van der Waals surface area contributed by atoms with Crippen LogP contribution in [0.4, 0.5) is 5.82 Å². The molecule has 1 unspecified atom stereocenters. The van der Waals surface area contributed by atoms with Crippen molar-refractivity contribution in [3.8, 4) is 0 Å². The van der Waals surface area contributed by atoms with E-state index in [4.69, 9.17) is 0 Å². The highest BCUT2D eigenvalue weighted by Gasteiger charge is 2.10. The zero-order valence-corrected chi connectivity index (χ0v) is 10.9. The fourth-order valence-corrected chi connectivity index (χ4v) is 2.01. The smallest absolute Gasteiger partial charge is 0.161 e. The predicted molar refractivity (Wildman–Crippen MR) is 75.2 cm³/mol. The van der Waals surface area contributed by atoms with Crippen molar-refractivity contribution in [2.45, 2.75) is 19.9 Å². The average molecular weight is 257 g/mol. The topological polar surface area (TPSA) is 91.2 Å². The van der Waals surface area contributed by atoms with E-state index < -0.39 is 0 Å². The molecule has 0 aliphatic carbocycles. The maximum absolute atomic E-state index is 4.53. The summed E-state index contributed by atoms with van der Waals surface area (Å²) in [6.45, 7) is 5.28. The molecule has 0 radical (unpaired) electrons. The Bertz CT molecular complexity index is 655. The third-order valence-corrected chi connectivity index (χ3v) is 2.85. The second-order valence-corrected chi connectivity index (χ2v) is 4.57. The third-order valence-electron chi connectivity index (χ3n) is 2.85. The molecule has 0 fully saturated rings. The normalized spacial score (nSPS) is 18.6. The maximum atomic E-state index is 4.53. The van der Waals surface area contributed by atoms with Crippen molar-refractivity contribution in [2.24, 2.45) is 9.98 Å². The molecule has 0 saturated carbocycles. The number of rotatable bonds is 3. The Morgan fingerprint density at radius 2 is 2.32 bits per heavy atom. The van der Waals surface area contributed by atoms with Gasteiger partial charge in [0.1, 0.15) is 11.6 Å². The van der Waals surface area contributed by atoms with E-state index in [0.29, 0.717) is 12.4 Å². The summed E-state index contributed by atoms with van der Waals surface area (Å²) in [5.74, 6) is 1.47. The largest absolute Gasteiger partial charge is 0.364 e. The molecule has 7 heteroatoms. The lowest BCUT2D eigenvalue weighted by molar-refractivity contribution is 0.750. The van der Waals surface area contributed by atoms with Gasteiger partial charge in [0.2, 0.25) is 0 Å². The van der Waals surface area contributed by atoms with Crippen LogP contribution in [0.25, 0.3) is 11.0 Å². The number of fused-ring (bicyclic) bond motifs is 1. The average Bonchev–Trinajstić information content (AvgIpc) is 2.84. The lowest BCUT2D eigenvalue weighted by Crippen LogP contribution is -2.23. The number of hydrogen-bond acceptors (Lipinski definition) is 6. The van der Waals surface area contributed by atoms with Gasteiger partial charge in [-0.3, -0.25) is 15.1 Å². The van der Waals surface area contributed by atoms with Crippen molar-refractivity contribution in [1.29, 1.82) is 0 Å². The number of H-pyrrole nitrogens is 1. The van der Waals surface area contributed by atoms with E-state index in [-0.39, 0.29) is 6.04 Å². The molecule has 0 aromatic carbocycles. The van der Waals surface area contributed by atoms with Crippen molar-refractivity contribution >= 4 is 28.8 Å². The standard InChI is InChI=1S/C12H15N7/c1-7-3-13-4-9(16-7)5-14-11-10-6-15-19-12(10)18-8(2)17-11/h4,6-7H,3,5H2,1-2H3,(H2,14,15,17,18,19). The van der Waals surface area contributed by atoms with Gasteiger partial charge < -0.3 is 5.32 Å². The summed E-state index contributed by atoms with van der Waals surface area (Å²) < 4.78 is 0. The highest BCUT2D eigenvalue weighted by atomic mass is 15.2. The molecular formula is C12H15N7. The minimum Gasteiger partial charge on any atom is -0.364 e. The van der Waals surface area contributed by atoms with Crippen LogP contribution < -0.4 is 5.32 Å². The van der Waals surface area contributed by atoms with Crippen LogP contribution >= 0.6 is 0 Å². The SMILES string of the molecule is Cc1nc(NCC2=NC(C)CN=C2)c2cn[nH]c2n1. The number of aryl methyl sites for hydroxylation is 1. The van der Waals surface area contributed by atoms with Gasteiger partial charge in [0, 0.05) is 6.21 Å². The Kier molecular flexibility index (Phi) is 2.94. The van der Waals surface area contributed by atoms with Crippen LogP contribution in [0.3, 0.4) is 0 Å². The molecule has 1 atom stereocenters.